The first-order valence-electron chi connectivity index (χ1n) is 5.42. The number of hydrogen-bond donors (Lipinski definition) is 2. The molecule has 1 aliphatic carbocycles. The maximum absolute atomic E-state index is 11.9. The van der Waals surface area contributed by atoms with Crippen LogP contribution in [0.3, 0.4) is 0 Å². The molecule has 0 atom stereocenters. The summed E-state index contributed by atoms with van der Waals surface area (Å²) in [4.78, 5) is 11.9. The summed E-state index contributed by atoms with van der Waals surface area (Å²) in [7, 11) is 1.50. The van der Waals surface area contributed by atoms with Gasteiger partial charge in [0.15, 0.2) is 0 Å². The van der Waals surface area contributed by atoms with Gasteiger partial charge in [-0.15, -0.1) is 0 Å². The molecule has 1 amide bonds. The molecule has 1 aliphatic rings. The number of amides is 1. The molecule has 2 rings (SSSR count). The first-order chi connectivity index (χ1) is 8.10. The summed E-state index contributed by atoms with van der Waals surface area (Å²) in [5.74, 6) is 0.255. The highest BCUT2D eigenvalue weighted by atomic mass is 35.5. The normalized spacial score (nSPS) is 22.8. The molecule has 0 bridgehead atoms. The SMILES string of the molecule is COc1cc(Cl)ccc1C(=O)NC1CC(O)C1. The number of halogens is 1. The summed E-state index contributed by atoms with van der Waals surface area (Å²) in [6.07, 6.45) is 0.941. The number of ether oxygens (including phenoxy) is 1. The number of aliphatic hydroxyl groups excluding tert-OH is 1. The highest BCUT2D eigenvalue weighted by Gasteiger charge is 2.29. The van der Waals surface area contributed by atoms with E-state index >= 15 is 0 Å². The Hall–Kier alpha value is -1.26. The van der Waals surface area contributed by atoms with E-state index in [4.69, 9.17) is 21.4 Å². The van der Waals surface area contributed by atoms with Crippen LogP contribution in [0.15, 0.2) is 18.2 Å². The predicted molar refractivity (Wildman–Crippen MR) is 64.5 cm³/mol. The number of carbonyl (C=O) groups excluding carboxylic acids is 1. The molecule has 0 spiro atoms. The van der Waals surface area contributed by atoms with Crippen LogP contribution in [-0.4, -0.2) is 30.3 Å². The minimum atomic E-state index is -0.285. The smallest absolute Gasteiger partial charge is 0.255 e. The van der Waals surface area contributed by atoms with Crippen LogP contribution in [0, 0.1) is 0 Å². The van der Waals surface area contributed by atoms with E-state index < -0.39 is 0 Å². The molecular weight excluding hydrogens is 242 g/mol. The summed E-state index contributed by atoms with van der Waals surface area (Å²) in [5, 5.41) is 12.5. The number of rotatable bonds is 3. The van der Waals surface area contributed by atoms with Crippen molar-refractivity contribution in [2.45, 2.75) is 25.0 Å². The van der Waals surface area contributed by atoms with Crippen molar-refractivity contribution in [3.05, 3.63) is 28.8 Å². The summed E-state index contributed by atoms with van der Waals surface area (Å²) in [5.41, 5.74) is 0.457. The van der Waals surface area contributed by atoms with Gasteiger partial charge in [0, 0.05) is 11.1 Å². The maximum atomic E-state index is 11.9. The lowest BCUT2D eigenvalue weighted by molar-refractivity contribution is 0.0561. The number of hydrogen-bond acceptors (Lipinski definition) is 3. The van der Waals surface area contributed by atoms with Gasteiger partial charge in [0.1, 0.15) is 5.75 Å². The number of aliphatic hydroxyl groups is 1. The zero-order valence-electron chi connectivity index (χ0n) is 9.44. The molecule has 0 saturated heterocycles. The van der Waals surface area contributed by atoms with Crippen LogP contribution in [0.4, 0.5) is 0 Å². The topological polar surface area (TPSA) is 58.6 Å². The Morgan fingerprint density at radius 2 is 2.24 bits per heavy atom. The second-order valence-electron chi connectivity index (χ2n) is 4.14. The average Bonchev–Trinajstić information content (AvgIpc) is 2.26. The monoisotopic (exact) mass is 255 g/mol. The second-order valence-corrected chi connectivity index (χ2v) is 4.58. The first kappa shape index (κ1) is 12.2. The molecule has 1 saturated carbocycles. The molecule has 0 unspecified atom stereocenters. The highest BCUT2D eigenvalue weighted by Crippen LogP contribution is 2.25. The van der Waals surface area contributed by atoms with Crippen LogP contribution < -0.4 is 10.1 Å². The Kier molecular flexibility index (Phi) is 3.54. The van der Waals surface area contributed by atoms with Crippen molar-refractivity contribution in [1.29, 1.82) is 0 Å². The zero-order chi connectivity index (χ0) is 12.4. The lowest BCUT2D eigenvalue weighted by Crippen LogP contribution is -2.46. The highest BCUT2D eigenvalue weighted by molar-refractivity contribution is 6.30. The fourth-order valence-electron chi connectivity index (χ4n) is 1.82. The third-order valence-electron chi connectivity index (χ3n) is 2.86. The Bertz CT molecular complexity index is 430. The van der Waals surface area contributed by atoms with Crippen LogP contribution in [0.2, 0.25) is 5.02 Å². The van der Waals surface area contributed by atoms with E-state index in [1.165, 1.54) is 7.11 Å². The molecule has 0 aliphatic heterocycles. The van der Waals surface area contributed by atoms with Gasteiger partial charge in [0.05, 0.1) is 18.8 Å². The summed E-state index contributed by atoms with van der Waals surface area (Å²) >= 11 is 5.82. The lowest BCUT2D eigenvalue weighted by Gasteiger charge is -2.32. The second kappa shape index (κ2) is 4.94. The number of methoxy groups -OCH3 is 1. The van der Waals surface area contributed by atoms with E-state index in [2.05, 4.69) is 5.32 Å². The minimum Gasteiger partial charge on any atom is -0.496 e. The van der Waals surface area contributed by atoms with Gasteiger partial charge in [0.25, 0.3) is 5.91 Å². The van der Waals surface area contributed by atoms with Gasteiger partial charge in [-0.25, -0.2) is 0 Å². The van der Waals surface area contributed by atoms with Crippen LogP contribution in [-0.2, 0) is 0 Å². The van der Waals surface area contributed by atoms with E-state index in [0.29, 0.717) is 29.2 Å². The van der Waals surface area contributed by atoms with Gasteiger partial charge in [0.2, 0.25) is 0 Å². The first-order valence-corrected chi connectivity index (χ1v) is 5.80. The molecule has 5 heteroatoms. The van der Waals surface area contributed by atoms with E-state index in [1.807, 2.05) is 0 Å². The molecule has 4 nitrogen and oxygen atoms in total. The zero-order valence-corrected chi connectivity index (χ0v) is 10.2. The molecule has 0 aromatic heterocycles. The number of nitrogens with one attached hydrogen (secondary N) is 1. The predicted octanol–water partition coefficient (Wildman–Crippen LogP) is 1.60. The fourth-order valence-corrected chi connectivity index (χ4v) is 1.98. The van der Waals surface area contributed by atoms with Gasteiger partial charge in [-0.2, -0.15) is 0 Å². The van der Waals surface area contributed by atoms with E-state index in [9.17, 15) is 4.79 Å². The number of benzene rings is 1. The van der Waals surface area contributed by atoms with Crippen LogP contribution in [0.25, 0.3) is 0 Å². The molecule has 0 heterocycles. The third kappa shape index (κ3) is 2.70. The van der Waals surface area contributed by atoms with Gasteiger partial charge in [-0.1, -0.05) is 11.6 Å². The molecular formula is C12H14ClNO3. The van der Waals surface area contributed by atoms with Crippen molar-refractivity contribution in [2.75, 3.05) is 7.11 Å². The van der Waals surface area contributed by atoms with Gasteiger partial charge in [-0.3, -0.25) is 4.79 Å². The van der Waals surface area contributed by atoms with E-state index in [0.717, 1.165) is 0 Å². The maximum Gasteiger partial charge on any atom is 0.255 e. The van der Waals surface area contributed by atoms with Crippen molar-refractivity contribution in [1.82, 2.24) is 5.32 Å². The van der Waals surface area contributed by atoms with Gasteiger partial charge < -0.3 is 15.2 Å². The van der Waals surface area contributed by atoms with Crippen molar-refractivity contribution >= 4 is 17.5 Å². The minimum absolute atomic E-state index is 0.0536. The molecule has 1 fully saturated rings. The Labute approximate surface area is 105 Å². The quantitative estimate of drug-likeness (QED) is 0.863. The van der Waals surface area contributed by atoms with Crippen LogP contribution in [0.5, 0.6) is 5.75 Å². The van der Waals surface area contributed by atoms with E-state index in [-0.39, 0.29) is 18.1 Å². The van der Waals surface area contributed by atoms with Gasteiger partial charge >= 0.3 is 0 Å². The summed E-state index contributed by atoms with van der Waals surface area (Å²) in [6, 6.07) is 4.93. The molecule has 0 radical (unpaired) electrons. The molecule has 2 N–H and O–H groups in total. The standard InChI is InChI=1S/C12H14ClNO3/c1-17-11-4-7(13)2-3-10(11)12(16)14-8-5-9(15)6-8/h2-4,8-9,15H,5-6H2,1H3,(H,14,16). The Morgan fingerprint density at radius 1 is 1.53 bits per heavy atom. The largest absolute Gasteiger partial charge is 0.496 e. The van der Waals surface area contributed by atoms with Crippen molar-refractivity contribution in [3.63, 3.8) is 0 Å². The van der Waals surface area contributed by atoms with Crippen LogP contribution in [0.1, 0.15) is 23.2 Å². The molecule has 17 heavy (non-hydrogen) atoms. The molecule has 1 aromatic rings. The summed E-state index contributed by atoms with van der Waals surface area (Å²) < 4.78 is 5.11. The molecule has 1 aromatic carbocycles. The van der Waals surface area contributed by atoms with Crippen molar-refractivity contribution in [3.8, 4) is 5.75 Å². The van der Waals surface area contributed by atoms with Crippen molar-refractivity contribution < 1.29 is 14.6 Å². The van der Waals surface area contributed by atoms with Crippen molar-refractivity contribution in [2.24, 2.45) is 0 Å². The Morgan fingerprint density at radius 3 is 2.82 bits per heavy atom. The lowest BCUT2D eigenvalue weighted by atomic mass is 9.89. The van der Waals surface area contributed by atoms with Gasteiger partial charge in [-0.05, 0) is 31.0 Å². The fraction of sp³-hybridized carbons (Fsp3) is 0.417. The van der Waals surface area contributed by atoms with Crippen LogP contribution >= 0.6 is 11.6 Å². The Balaban J connectivity index is 2.08. The third-order valence-corrected chi connectivity index (χ3v) is 3.09. The average molecular weight is 256 g/mol. The molecule has 92 valence electrons. The number of carbonyl (C=O) groups is 1. The summed E-state index contributed by atoms with van der Waals surface area (Å²) in [6.45, 7) is 0. The van der Waals surface area contributed by atoms with E-state index in [1.54, 1.807) is 18.2 Å².